The number of benzene rings is 1. The lowest BCUT2D eigenvalue weighted by Crippen LogP contribution is -2.23. The largest absolute Gasteiger partial charge is 0.366 e. The second-order valence-corrected chi connectivity index (χ2v) is 3.78. The highest BCUT2D eigenvalue weighted by atomic mass is 35.5. The second-order valence-electron chi connectivity index (χ2n) is 3.34. The molecule has 2 nitrogen and oxygen atoms in total. The first-order chi connectivity index (χ1) is 5.97. The van der Waals surface area contributed by atoms with Crippen molar-refractivity contribution in [2.24, 2.45) is 0 Å². The van der Waals surface area contributed by atoms with Gasteiger partial charge in [0.2, 0.25) is 0 Å². The van der Waals surface area contributed by atoms with Crippen LogP contribution in [0.15, 0.2) is 24.3 Å². The van der Waals surface area contributed by atoms with Crippen molar-refractivity contribution in [2.45, 2.75) is 25.6 Å². The van der Waals surface area contributed by atoms with Gasteiger partial charge in [-0.3, -0.25) is 0 Å². The molecule has 1 aromatic rings. The predicted octanol–water partition coefficient (Wildman–Crippen LogP) is 1.97. The Morgan fingerprint density at radius 3 is 2.23 bits per heavy atom. The van der Waals surface area contributed by atoms with Crippen molar-refractivity contribution in [3.63, 3.8) is 0 Å². The number of aryl methyl sites for hydroxylation is 1. The van der Waals surface area contributed by atoms with Gasteiger partial charge in [-0.1, -0.05) is 23.7 Å². The van der Waals surface area contributed by atoms with Gasteiger partial charge in [-0.2, -0.15) is 0 Å². The minimum Gasteiger partial charge on any atom is -0.366 e. The molecule has 3 heteroatoms. The number of hydrogen-bond donors (Lipinski definition) is 2. The van der Waals surface area contributed by atoms with Crippen LogP contribution in [-0.2, 0) is 6.42 Å². The summed E-state index contributed by atoms with van der Waals surface area (Å²) in [5.41, 5.74) is 1.05. The van der Waals surface area contributed by atoms with Gasteiger partial charge in [-0.05, 0) is 31.0 Å². The summed E-state index contributed by atoms with van der Waals surface area (Å²) in [4.78, 5) is 0. The predicted molar refractivity (Wildman–Crippen MR) is 52.6 cm³/mol. The molecule has 0 aromatic heterocycles. The van der Waals surface area contributed by atoms with Gasteiger partial charge in [0.05, 0.1) is 0 Å². The maximum Gasteiger partial charge on any atom is 0.159 e. The van der Waals surface area contributed by atoms with E-state index in [1.54, 1.807) is 12.1 Å². The first-order valence-electron chi connectivity index (χ1n) is 4.16. The van der Waals surface area contributed by atoms with Crippen molar-refractivity contribution in [2.75, 3.05) is 0 Å². The second kappa shape index (κ2) is 4.09. The highest BCUT2D eigenvalue weighted by Crippen LogP contribution is 2.14. The molecule has 0 aliphatic heterocycles. The Balaban J connectivity index is 2.51. The Morgan fingerprint density at radius 1 is 1.23 bits per heavy atom. The summed E-state index contributed by atoms with van der Waals surface area (Å²) in [6.45, 7) is 1.38. The number of halogens is 1. The minimum absolute atomic E-state index is 0.328. The maximum absolute atomic E-state index is 9.06. The first kappa shape index (κ1) is 10.5. The molecule has 72 valence electrons. The molecule has 1 rings (SSSR count). The normalized spacial score (nSPS) is 11.7. The van der Waals surface area contributed by atoms with Gasteiger partial charge < -0.3 is 10.2 Å². The van der Waals surface area contributed by atoms with Crippen molar-refractivity contribution >= 4 is 11.6 Å². The molecule has 0 spiro atoms. The van der Waals surface area contributed by atoms with Gasteiger partial charge in [-0.25, -0.2) is 0 Å². The Kier molecular flexibility index (Phi) is 3.31. The van der Waals surface area contributed by atoms with Crippen LogP contribution in [-0.4, -0.2) is 16.0 Å². The molecular weight excluding hydrogens is 188 g/mol. The molecule has 2 N–H and O–H groups in total. The Bertz CT molecular complexity index is 261. The van der Waals surface area contributed by atoms with Crippen LogP contribution in [0.3, 0.4) is 0 Å². The van der Waals surface area contributed by atoms with Gasteiger partial charge in [0, 0.05) is 11.4 Å². The molecule has 0 aliphatic rings. The monoisotopic (exact) mass is 200 g/mol. The molecule has 0 fully saturated rings. The standard InChI is InChI=1S/C10H13ClO2/c1-10(12,13)7-6-8-2-4-9(11)5-3-8/h2-5,12-13H,6-7H2,1H3. The SMILES string of the molecule is CC(O)(O)CCc1ccc(Cl)cc1. The highest BCUT2D eigenvalue weighted by Gasteiger charge is 2.13. The van der Waals surface area contributed by atoms with Crippen LogP contribution in [0.25, 0.3) is 0 Å². The molecule has 0 amide bonds. The maximum atomic E-state index is 9.06. The quantitative estimate of drug-likeness (QED) is 0.733. The molecule has 0 unspecified atom stereocenters. The Labute approximate surface area is 82.8 Å². The van der Waals surface area contributed by atoms with Gasteiger partial charge in [0.25, 0.3) is 0 Å². The van der Waals surface area contributed by atoms with E-state index in [0.29, 0.717) is 17.9 Å². The molecular formula is C10H13ClO2. The lowest BCUT2D eigenvalue weighted by Gasteiger charge is -2.15. The van der Waals surface area contributed by atoms with E-state index in [0.717, 1.165) is 5.56 Å². The first-order valence-corrected chi connectivity index (χ1v) is 4.54. The van der Waals surface area contributed by atoms with E-state index in [4.69, 9.17) is 21.8 Å². The smallest absolute Gasteiger partial charge is 0.159 e. The van der Waals surface area contributed by atoms with Gasteiger partial charge >= 0.3 is 0 Å². The fraction of sp³-hybridized carbons (Fsp3) is 0.400. The molecule has 0 atom stereocenters. The molecule has 0 saturated heterocycles. The summed E-state index contributed by atoms with van der Waals surface area (Å²) >= 11 is 5.70. The summed E-state index contributed by atoms with van der Waals surface area (Å²) in [6, 6.07) is 7.36. The zero-order valence-corrected chi connectivity index (χ0v) is 8.25. The average molecular weight is 201 g/mol. The Morgan fingerprint density at radius 2 is 1.77 bits per heavy atom. The van der Waals surface area contributed by atoms with Crippen LogP contribution in [0.1, 0.15) is 18.9 Å². The zero-order valence-electron chi connectivity index (χ0n) is 7.50. The fourth-order valence-electron chi connectivity index (χ4n) is 1.03. The molecule has 0 radical (unpaired) electrons. The van der Waals surface area contributed by atoms with Crippen LogP contribution < -0.4 is 0 Å². The Hall–Kier alpha value is -0.570. The zero-order chi connectivity index (χ0) is 9.90. The molecule has 13 heavy (non-hydrogen) atoms. The van der Waals surface area contributed by atoms with E-state index in [1.807, 2.05) is 12.1 Å². The van der Waals surface area contributed by atoms with E-state index in [-0.39, 0.29) is 0 Å². The van der Waals surface area contributed by atoms with Crippen LogP contribution in [0, 0.1) is 0 Å². The lowest BCUT2D eigenvalue weighted by atomic mass is 10.1. The van der Waals surface area contributed by atoms with E-state index in [2.05, 4.69) is 0 Å². The van der Waals surface area contributed by atoms with Crippen molar-refractivity contribution in [3.8, 4) is 0 Å². The van der Waals surface area contributed by atoms with Crippen LogP contribution >= 0.6 is 11.6 Å². The molecule has 0 saturated carbocycles. The molecule has 0 bridgehead atoms. The highest BCUT2D eigenvalue weighted by molar-refractivity contribution is 6.30. The van der Waals surface area contributed by atoms with Crippen molar-refractivity contribution in [1.29, 1.82) is 0 Å². The van der Waals surface area contributed by atoms with Crippen LogP contribution in [0.5, 0.6) is 0 Å². The van der Waals surface area contributed by atoms with Gasteiger partial charge in [-0.15, -0.1) is 0 Å². The summed E-state index contributed by atoms with van der Waals surface area (Å²) in [7, 11) is 0. The van der Waals surface area contributed by atoms with E-state index < -0.39 is 5.79 Å². The molecule has 0 aliphatic carbocycles. The van der Waals surface area contributed by atoms with Crippen molar-refractivity contribution in [1.82, 2.24) is 0 Å². The topological polar surface area (TPSA) is 40.5 Å². The van der Waals surface area contributed by atoms with Gasteiger partial charge in [0.1, 0.15) is 0 Å². The fourth-order valence-corrected chi connectivity index (χ4v) is 1.16. The van der Waals surface area contributed by atoms with E-state index >= 15 is 0 Å². The third kappa shape index (κ3) is 4.27. The van der Waals surface area contributed by atoms with Crippen LogP contribution in [0.4, 0.5) is 0 Å². The molecule has 1 aromatic carbocycles. The minimum atomic E-state index is -1.58. The molecule has 0 heterocycles. The van der Waals surface area contributed by atoms with Crippen molar-refractivity contribution < 1.29 is 10.2 Å². The summed E-state index contributed by atoms with van der Waals surface area (Å²) in [6.07, 6.45) is 0.968. The van der Waals surface area contributed by atoms with Crippen molar-refractivity contribution in [3.05, 3.63) is 34.9 Å². The average Bonchev–Trinajstić information content (AvgIpc) is 2.02. The van der Waals surface area contributed by atoms with E-state index in [1.165, 1.54) is 6.92 Å². The van der Waals surface area contributed by atoms with E-state index in [9.17, 15) is 0 Å². The number of hydrogen-bond acceptors (Lipinski definition) is 2. The van der Waals surface area contributed by atoms with Gasteiger partial charge in [0.15, 0.2) is 5.79 Å². The summed E-state index contributed by atoms with van der Waals surface area (Å²) in [5, 5.41) is 18.8. The lowest BCUT2D eigenvalue weighted by molar-refractivity contribution is -0.148. The number of rotatable bonds is 3. The summed E-state index contributed by atoms with van der Waals surface area (Å²) < 4.78 is 0. The third-order valence-electron chi connectivity index (χ3n) is 1.80. The number of aliphatic hydroxyl groups is 2. The van der Waals surface area contributed by atoms with Crippen LogP contribution in [0.2, 0.25) is 5.02 Å². The summed E-state index contributed by atoms with van der Waals surface area (Å²) in [5.74, 6) is -1.58. The third-order valence-corrected chi connectivity index (χ3v) is 2.05.